The van der Waals surface area contributed by atoms with Gasteiger partial charge in [0.05, 0.1) is 12.1 Å². The average Bonchev–Trinajstić information content (AvgIpc) is 2.73. The molecule has 1 heterocycles. The summed E-state index contributed by atoms with van der Waals surface area (Å²) in [7, 11) is 0. The van der Waals surface area contributed by atoms with Crippen molar-refractivity contribution in [2.45, 2.75) is 25.5 Å². The largest absolute Gasteiger partial charge is 0.484 e. The van der Waals surface area contributed by atoms with Gasteiger partial charge in [0.15, 0.2) is 6.61 Å². The highest BCUT2D eigenvalue weighted by molar-refractivity contribution is 5.78. The van der Waals surface area contributed by atoms with E-state index in [4.69, 9.17) is 15.2 Å². The quantitative estimate of drug-likeness (QED) is 0.780. The molecule has 3 N–H and O–H groups in total. The maximum atomic E-state index is 11.7. The number of hydrogen-bond acceptors (Lipinski definition) is 4. The fraction of sp³-hybridized carbons (Fsp3) is 0.462. The summed E-state index contributed by atoms with van der Waals surface area (Å²) in [6, 6.07) is 7.10. The molecule has 0 radical (unpaired) electrons. The third kappa shape index (κ3) is 3.37. The molecule has 0 aromatic heterocycles. The van der Waals surface area contributed by atoms with E-state index in [1.807, 2.05) is 6.92 Å². The van der Waals surface area contributed by atoms with Gasteiger partial charge in [0.2, 0.25) is 0 Å². The first-order chi connectivity index (χ1) is 8.65. The molecular formula is C13H18N2O3. The Labute approximate surface area is 106 Å². The molecule has 0 bridgehead atoms. The minimum Gasteiger partial charge on any atom is -0.484 e. The molecule has 1 amide bonds. The van der Waals surface area contributed by atoms with E-state index in [1.165, 1.54) is 0 Å². The maximum Gasteiger partial charge on any atom is 0.258 e. The van der Waals surface area contributed by atoms with Gasteiger partial charge in [-0.2, -0.15) is 0 Å². The SMILES string of the molecule is CC1OCCC1NC(=O)COc1cccc(N)c1. The van der Waals surface area contributed by atoms with Crippen LogP contribution in [0.25, 0.3) is 0 Å². The van der Waals surface area contributed by atoms with Crippen LogP contribution in [0, 0.1) is 0 Å². The Hall–Kier alpha value is -1.75. The molecule has 0 saturated carbocycles. The van der Waals surface area contributed by atoms with Crippen molar-refractivity contribution in [3.05, 3.63) is 24.3 Å². The molecule has 98 valence electrons. The minimum absolute atomic E-state index is 0.00727. The molecule has 1 aliphatic rings. The topological polar surface area (TPSA) is 73.6 Å². The number of hydrogen-bond donors (Lipinski definition) is 2. The van der Waals surface area contributed by atoms with Crippen LogP contribution >= 0.6 is 0 Å². The molecule has 1 aromatic carbocycles. The summed E-state index contributed by atoms with van der Waals surface area (Å²) >= 11 is 0. The van der Waals surface area contributed by atoms with Crippen molar-refractivity contribution in [2.75, 3.05) is 18.9 Å². The van der Waals surface area contributed by atoms with Crippen molar-refractivity contribution < 1.29 is 14.3 Å². The van der Waals surface area contributed by atoms with Gasteiger partial charge in [-0.15, -0.1) is 0 Å². The van der Waals surface area contributed by atoms with Crippen molar-refractivity contribution in [3.8, 4) is 5.75 Å². The predicted octanol–water partition coefficient (Wildman–Crippen LogP) is 0.941. The number of nitrogens with two attached hydrogens (primary N) is 1. The lowest BCUT2D eigenvalue weighted by Gasteiger charge is -2.16. The zero-order chi connectivity index (χ0) is 13.0. The molecule has 1 saturated heterocycles. The third-order valence-corrected chi connectivity index (χ3v) is 2.95. The molecule has 1 aliphatic heterocycles. The van der Waals surface area contributed by atoms with Gasteiger partial charge in [0.25, 0.3) is 5.91 Å². The Morgan fingerprint density at radius 3 is 3.11 bits per heavy atom. The molecule has 2 unspecified atom stereocenters. The van der Waals surface area contributed by atoms with Gasteiger partial charge < -0.3 is 20.5 Å². The summed E-state index contributed by atoms with van der Waals surface area (Å²) < 4.78 is 10.7. The second kappa shape index (κ2) is 5.73. The molecule has 2 atom stereocenters. The van der Waals surface area contributed by atoms with Crippen LogP contribution in [0.15, 0.2) is 24.3 Å². The molecule has 1 fully saturated rings. The van der Waals surface area contributed by atoms with Crippen LogP contribution in [-0.4, -0.2) is 31.3 Å². The summed E-state index contributed by atoms with van der Waals surface area (Å²) in [4.78, 5) is 11.7. The number of carbonyl (C=O) groups is 1. The van der Waals surface area contributed by atoms with E-state index in [9.17, 15) is 4.79 Å². The van der Waals surface area contributed by atoms with Crippen molar-refractivity contribution in [1.29, 1.82) is 0 Å². The van der Waals surface area contributed by atoms with Crippen LogP contribution in [-0.2, 0) is 9.53 Å². The first-order valence-electron chi connectivity index (χ1n) is 6.04. The number of nitrogen functional groups attached to an aromatic ring is 1. The van der Waals surface area contributed by atoms with E-state index in [0.717, 1.165) is 6.42 Å². The Kier molecular flexibility index (Phi) is 4.04. The summed E-state index contributed by atoms with van der Waals surface area (Å²) in [5.74, 6) is 0.459. The summed E-state index contributed by atoms with van der Waals surface area (Å²) in [6.45, 7) is 2.64. The fourth-order valence-corrected chi connectivity index (χ4v) is 1.92. The number of carbonyl (C=O) groups excluding carboxylic acids is 1. The minimum atomic E-state index is -0.139. The Morgan fingerprint density at radius 1 is 1.61 bits per heavy atom. The van der Waals surface area contributed by atoms with Crippen LogP contribution in [0.5, 0.6) is 5.75 Å². The van der Waals surface area contributed by atoms with Crippen LogP contribution in [0.3, 0.4) is 0 Å². The van der Waals surface area contributed by atoms with Gasteiger partial charge in [-0.25, -0.2) is 0 Å². The van der Waals surface area contributed by atoms with Crippen molar-refractivity contribution >= 4 is 11.6 Å². The first-order valence-corrected chi connectivity index (χ1v) is 6.04. The van der Waals surface area contributed by atoms with Gasteiger partial charge in [0, 0.05) is 18.4 Å². The van der Waals surface area contributed by atoms with Gasteiger partial charge in [-0.3, -0.25) is 4.79 Å². The summed E-state index contributed by atoms with van der Waals surface area (Å²) in [5, 5.41) is 2.89. The molecule has 0 spiro atoms. The van der Waals surface area contributed by atoms with Crippen LogP contribution in [0.4, 0.5) is 5.69 Å². The molecule has 1 aromatic rings. The number of nitrogens with one attached hydrogen (secondary N) is 1. The van der Waals surface area contributed by atoms with E-state index < -0.39 is 0 Å². The molecule has 2 rings (SSSR count). The molecule has 5 heteroatoms. The Morgan fingerprint density at radius 2 is 2.44 bits per heavy atom. The Balaban J connectivity index is 1.78. The zero-order valence-corrected chi connectivity index (χ0v) is 10.4. The molecular weight excluding hydrogens is 232 g/mol. The van der Waals surface area contributed by atoms with E-state index in [2.05, 4.69) is 5.32 Å². The van der Waals surface area contributed by atoms with Crippen molar-refractivity contribution in [2.24, 2.45) is 0 Å². The van der Waals surface area contributed by atoms with E-state index >= 15 is 0 Å². The highest BCUT2D eigenvalue weighted by atomic mass is 16.5. The lowest BCUT2D eigenvalue weighted by atomic mass is 10.1. The Bertz CT molecular complexity index is 422. The van der Waals surface area contributed by atoms with Gasteiger partial charge in [-0.1, -0.05) is 6.07 Å². The predicted molar refractivity (Wildman–Crippen MR) is 68.3 cm³/mol. The average molecular weight is 250 g/mol. The molecule has 5 nitrogen and oxygen atoms in total. The number of anilines is 1. The van der Waals surface area contributed by atoms with E-state index in [1.54, 1.807) is 24.3 Å². The lowest BCUT2D eigenvalue weighted by Crippen LogP contribution is -2.41. The standard InChI is InChI=1S/C13H18N2O3/c1-9-12(5-6-17-9)15-13(16)8-18-11-4-2-3-10(14)7-11/h2-4,7,9,12H,5-6,8,14H2,1H3,(H,15,16). The number of rotatable bonds is 4. The van der Waals surface area contributed by atoms with Crippen LogP contribution in [0.1, 0.15) is 13.3 Å². The molecule has 0 aliphatic carbocycles. The second-order valence-corrected chi connectivity index (χ2v) is 4.40. The highest BCUT2D eigenvalue weighted by Gasteiger charge is 2.25. The van der Waals surface area contributed by atoms with Gasteiger partial charge >= 0.3 is 0 Å². The van der Waals surface area contributed by atoms with Crippen molar-refractivity contribution in [1.82, 2.24) is 5.32 Å². The van der Waals surface area contributed by atoms with Crippen LogP contribution in [0.2, 0.25) is 0 Å². The maximum absolute atomic E-state index is 11.7. The molecule has 18 heavy (non-hydrogen) atoms. The highest BCUT2D eigenvalue weighted by Crippen LogP contribution is 2.15. The number of benzene rings is 1. The van der Waals surface area contributed by atoms with E-state index in [0.29, 0.717) is 18.0 Å². The van der Waals surface area contributed by atoms with Gasteiger partial charge in [-0.05, 0) is 25.5 Å². The van der Waals surface area contributed by atoms with Crippen molar-refractivity contribution in [3.63, 3.8) is 0 Å². The van der Waals surface area contributed by atoms with E-state index in [-0.39, 0.29) is 24.7 Å². The fourth-order valence-electron chi connectivity index (χ4n) is 1.92. The monoisotopic (exact) mass is 250 g/mol. The van der Waals surface area contributed by atoms with Crippen LogP contribution < -0.4 is 15.8 Å². The van der Waals surface area contributed by atoms with Gasteiger partial charge in [0.1, 0.15) is 5.75 Å². The normalized spacial score (nSPS) is 22.7. The smallest absolute Gasteiger partial charge is 0.258 e. The first kappa shape index (κ1) is 12.7. The second-order valence-electron chi connectivity index (χ2n) is 4.40. The third-order valence-electron chi connectivity index (χ3n) is 2.95. The summed E-state index contributed by atoms with van der Waals surface area (Å²) in [5.41, 5.74) is 6.23. The lowest BCUT2D eigenvalue weighted by molar-refractivity contribution is -0.124. The zero-order valence-electron chi connectivity index (χ0n) is 10.4. The number of ether oxygens (including phenoxy) is 2. The summed E-state index contributed by atoms with van der Waals surface area (Å²) in [6.07, 6.45) is 0.923. The number of amides is 1.